The smallest absolute Gasteiger partial charge is 0.420 e. The van der Waals surface area contributed by atoms with Gasteiger partial charge in [0.2, 0.25) is 0 Å². The normalized spacial score (nSPS) is 14.0. The number of aromatic nitrogens is 10. The van der Waals surface area contributed by atoms with E-state index >= 15 is 0 Å². The van der Waals surface area contributed by atoms with Gasteiger partial charge in [0.25, 0.3) is 0 Å². The third kappa shape index (κ3) is 8.98. The maximum atomic E-state index is 13.8. The lowest BCUT2D eigenvalue weighted by Crippen LogP contribution is -2.31. The van der Waals surface area contributed by atoms with Crippen molar-refractivity contribution in [2.75, 3.05) is 0 Å². The molecule has 16 heteroatoms. The first-order valence-electron chi connectivity index (χ1n) is 26.1. The van der Waals surface area contributed by atoms with E-state index in [9.17, 15) is 15.0 Å². The number of benzene rings is 2. The van der Waals surface area contributed by atoms with Crippen LogP contribution < -0.4 is 0 Å². The monoisotopic (exact) mass is 1030 g/mol. The molecular weight excluding hydrogens is 969 g/mol. The number of carbonyl (C=O) groups excluding carboxylic acids is 1. The predicted molar refractivity (Wildman–Crippen MR) is 291 cm³/mol. The second-order valence-electron chi connectivity index (χ2n) is 21.8. The molecule has 392 valence electrons. The topological polar surface area (TPSA) is 217 Å². The number of hydrogen-bond acceptors (Lipinski definition) is 14. The molecule has 0 unspecified atom stereocenters. The van der Waals surface area contributed by atoms with Gasteiger partial charge in [0.05, 0.1) is 33.5 Å². The number of imidazole rings is 2. The van der Waals surface area contributed by atoms with Crippen LogP contribution in [0.5, 0.6) is 0 Å². The molecular formula is C61H62N10O6. The molecule has 0 amide bonds. The van der Waals surface area contributed by atoms with Gasteiger partial charge in [0.15, 0.2) is 0 Å². The zero-order valence-corrected chi connectivity index (χ0v) is 45.3. The highest BCUT2D eigenvalue weighted by molar-refractivity contribution is 5.95. The van der Waals surface area contributed by atoms with Crippen LogP contribution in [-0.4, -0.2) is 71.7 Å². The van der Waals surface area contributed by atoms with Crippen LogP contribution in [0.25, 0.3) is 44.3 Å². The zero-order chi connectivity index (χ0) is 54.3. The first kappa shape index (κ1) is 50.9. The summed E-state index contributed by atoms with van der Waals surface area (Å²) < 4.78 is 18.5. The second-order valence-corrected chi connectivity index (χ2v) is 21.8. The van der Waals surface area contributed by atoms with Crippen molar-refractivity contribution in [2.45, 2.75) is 130 Å². The van der Waals surface area contributed by atoms with Gasteiger partial charge < -0.3 is 29.0 Å². The van der Waals surface area contributed by atoms with Crippen LogP contribution in [0.2, 0.25) is 0 Å². The summed E-state index contributed by atoms with van der Waals surface area (Å²) in [5.41, 5.74) is 11.2. The number of aromatic amines is 1. The van der Waals surface area contributed by atoms with Crippen molar-refractivity contribution in [3.05, 3.63) is 188 Å². The number of nitrogens with zero attached hydrogens (tertiary/aromatic N) is 9. The van der Waals surface area contributed by atoms with Gasteiger partial charge >= 0.3 is 6.09 Å². The van der Waals surface area contributed by atoms with Gasteiger partial charge in [-0.1, -0.05) is 10.3 Å². The van der Waals surface area contributed by atoms with Crippen molar-refractivity contribution >= 4 is 28.2 Å². The Labute approximate surface area is 446 Å². The number of pyridine rings is 4. The van der Waals surface area contributed by atoms with Gasteiger partial charge in [-0.15, -0.1) is 0 Å². The van der Waals surface area contributed by atoms with Crippen LogP contribution in [0, 0.1) is 55.4 Å². The molecule has 2 aliphatic rings. The van der Waals surface area contributed by atoms with Gasteiger partial charge in [-0.2, -0.15) is 0 Å². The Bertz CT molecular complexity index is 3790. The molecule has 2 aromatic carbocycles. The van der Waals surface area contributed by atoms with Gasteiger partial charge in [-0.3, -0.25) is 19.9 Å². The molecule has 16 nitrogen and oxygen atoms in total. The summed E-state index contributed by atoms with van der Waals surface area (Å²) in [5, 5.41) is 34.4. The molecule has 0 atom stereocenters. The maximum absolute atomic E-state index is 13.8. The standard InChI is InChI=1S/C33H35N5O4.C28H27N5O2/c1-18-16-34-12-10-24(18)33(40,25-11-13-35-17-19(25)2)26-14-23(28-20(3)37-42-21(28)4)15-27-29(26)36-30(22-8-9-22)38(27)31(39)41-32(5,6)7;1-15-13-29-9-7-21(15)28(34,22-8-10-30-14-16(22)2)23-11-20(25-17(3)33-35-18(25)4)12-24-26(23)32-27(31-24)19-5-6-19/h10-17,22,40H,8-9H2,1-7H3;7-14,19,34H,5-6H2,1-4H3,(H,31,32). The van der Waals surface area contributed by atoms with Gasteiger partial charge in [0, 0.05) is 83.7 Å². The summed E-state index contributed by atoms with van der Waals surface area (Å²) in [7, 11) is 0. The summed E-state index contributed by atoms with van der Waals surface area (Å²) >= 11 is 0. The van der Waals surface area contributed by atoms with Crippen molar-refractivity contribution < 1.29 is 28.8 Å². The molecule has 8 heterocycles. The summed E-state index contributed by atoms with van der Waals surface area (Å²) in [4.78, 5) is 44.7. The molecule has 77 heavy (non-hydrogen) atoms. The number of H-pyrrole nitrogens is 1. The van der Waals surface area contributed by atoms with Crippen LogP contribution in [0.1, 0.15) is 148 Å². The second kappa shape index (κ2) is 19.1. The first-order chi connectivity index (χ1) is 36.8. The highest BCUT2D eigenvalue weighted by Gasteiger charge is 2.43. The molecule has 2 aliphatic carbocycles. The fourth-order valence-corrected chi connectivity index (χ4v) is 11.0. The molecule has 8 aromatic heterocycles. The quantitative estimate of drug-likeness (QED) is 0.116. The SMILES string of the molecule is Cc1cnccc1C(O)(c1ccncc1C)c1cc(-c2c(C)noc2C)cc2[nH]c(C3CC3)nc12.Cc1cnccc1C(O)(c1ccncc1C)c1cc(-c2c(C)noc2C)cc2c1nc(C1CC1)n2C(=O)OC(C)(C)C. The third-order valence-electron chi connectivity index (χ3n) is 14.9. The fourth-order valence-electron chi connectivity index (χ4n) is 11.0. The third-order valence-corrected chi connectivity index (χ3v) is 14.9. The number of nitrogens with one attached hydrogen (secondary N) is 1. The lowest BCUT2D eigenvalue weighted by atomic mass is 9.76. The van der Waals surface area contributed by atoms with Crippen LogP contribution in [0.3, 0.4) is 0 Å². The molecule has 3 N–H and O–H groups in total. The largest absolute Gasteiger partial charge is 0.443 e. The van der Waals surface area contributed by atoms with E-state index in [4.69, 9.17) is 23.8 Å². The maximum Gasteiger partial charge on any atom is 0.420 e. The number of aliphatic hydroxyl groups is 2. The number of aryl methyl sites for hydroxylation is 8. The molecule has 12 rings (SSSR count). The average molecular weight is 1030 g/mol. The van der Waals surface area contributed by atoms with E-state index in [0.717, 1.165) is 110 Å². The molecule has 2 saturated carbocycles. The van der Waals surface area contributed by atoms with Crippen LogP contribution >= 0.6 is 0 Å². The van der Waals surface area contributed by atoms with E-state index < -0.39 is 22.9 Å². The molecule has 0 spiro atoms. The zero-order valence-electron chi connectivity index (χ0n) is 45.3. The average Bonchev–Trinajstić information content (AvgIpc) is 4.38. The van der Waals surface area contributed by atoms with E-state index in [1.54, 1.807) is 54.1 Å². The Hall–Kier alpha value is -8.21. The number of hydrogen-bond donors (Lipinski definition) is 3. The van der Waals surface area contributed by atoms with Crippen LogP contribution in [-0.2, 0) is 15.9 Å². The van der Waals surface area contributed by atoms with E-state index in [-0.39, 0.29) is 5.92 Å². The Morgan fingerprint density at radius 1 is 0.584 bits per heavy atom. The van der Waals surface area contributed by atoms with Crippen LogP contribution in [0.4, 0.5) is 4.79 Å². The Morgan fingerprint density at radius 3 is 1.40 bits per heavy atom. The summed E-state index contributed by atoms with van der Waals surface area (Å²) in [6, 6.07) is 15.4. The summed E-state index contributed by atoms with van der Waals surface area (Å²) in [6.07, 6.45) is 17.4. The van der Waals surface area contributed by atoms with E-state index in [2.05, 4.69) is 41.3 Å². The summed E-state index contributed by atoms with van der Waals surface area (Å²) in [6.45, 7) is 20.9. The fraction of sp³-hybridized carbons (Fsp3) is 0.328. The minimum Gasteiger partial charge on any atom is -0.443 e. The van der Waals surface area contributed by atoms with Crippen molar-refractivity contribution in [3.63, 3.8) is 0 Å². The number of rotatable bonds is 10. The molecule has 2 fully saturated rings. The predicted octanol–water partition coefficient (Wildman–Crippen LogP) is 12.1. The summed E-state index contributed by atoms with van der Waals surface area (Å²) in [5.74, 6) is 3.54. The van der Waals surface area contributed by atoms with Gasteiger partial charge in [-0.05, 0) is 206 Å². The lowest BCUT2D eigenvalue weighted by molar-refractivity contribution is 0.0538. The molecule has 0 bridgehead atoms. The van der Waals surface area contributed by atoms with Crippen molar-refractivity contribution in [1.82, 2.24) is 49.8 Å². The Morgan fingerprint density at radius 2 is 1.01 bits per heavy atom. The highest BCUT2D eigenvalue weighted by atomic mass is 16.6. The van der Waals surface area contributed by atoms with E-state index in [1.165, 1.54) is 0 Å². The minimum atomic E-state index is -1.67. The van der Waals surface area contributed by atoms with E-state index in [1.807, 2.05) is 119 Å². The van der Waals surface area contributed by atoms with Crippen molar-refractivity contribution in [3.8, 4) is 22.3 Å². The first-order valence-corrected chi connectivity index (χ1v) is 26.1. The van der Waals surface area contributed by atoms with Crippen LogP contribution in [0.15, 0.2) is 107 Å². The molecule has 0 aliphatic heterocycles. The lowest BCUT2D eigenvalue weighted by Gasteiger charge is -2.33. The van der Waals surface area contributed by atoms with Gasteiger partial charge in [-0.25, -0.2) is 19.3 Å². The van der Waals surface area contributed by atoms with Crippen molar-refractivity contribution in [1.29, 1.82) is 0 Å². The number of carbonyl (C=O) groups is 1. The molecule has 0 saturated heterocycles. The number of ether oxygens (including phenoxy) is 1. The Balaban J connectivity index is 0.000000166. The van der Waals surface area contributed by atoms with E-state index in [0.29, 0.717) is 56.5 Å². The Kier molecular flexibility index (Phi) is 12.6. The molecule has 0 radical (unpaired) electrons. The highest BCUT2D eigenvalue weighted by Crippen LogP contribution is 2.49. The molecule has 10 aromatic rings. The van der Waals surface area contributed by atoms with Gasteiger partial charge in [0.1, 0.15) is 40.0 Å². The minimum absolute atomic E-state index is 0.124. The van der Waals surface area contributed by atoms with Crippen molar-refractivity contribution in [2.24, 2.45) is 0 Å². The number of fused-ring (bicyclic) bond motifs is 2.